The second-order valence-electron chi connectivity index (χ2n) is 9.18. The van der Waals surface area contributed by atoms with Gasteiger partial charge in [0.1, 0.15) is 0 Å². The summed E-state index contributed by atoms with van der Waals surface area (Å²) in [6.45, 7) is 8.63. The molecule has 0 spiro atoms. The summed E-state index contributed by atoms with van der Waals surface area (Å²) in [5.41, 5.74) is 6.09. The van der Waals surface area contributed by atoms with Crippen LogP contribution in [0.3, 0.4) is 0 Å². The summed E-state index contributed by atoms with van der Waals surface area (Å²) in [6, 6.07) is 38.1. The summed E-state index contributed by atoms with van der Waals surface area (Å²) < 4.78 is 0. The van der Waals surface area contributed by atoms with E-state index in [4.69, 9.17) is 9.98 Å². The predicted molar refractivity (Wildman–Crippen MR) is 156 cm³/mol. The molecule has 0 radical (unpaired) electrons. The highest BCUT2D eigenvalue weighted by atomic mass is 14.9. The van der Waals surface area contributed by atoms with Crippen molar-refractivity contribution in [3.05, 3.63) is 138 Å². The molecule has 0 aliphatic rings. The summed E-state index contributed by atoms with van der Waals surface area (Å²) in [5, 5.41) is 4.75. The number of hydrogen-bond acceptors (Lipinski definition) is 1. The van der Waals surface area contributed by atoms with Crippen LogP contribution in [0.2, 0.25) is 0 Å². The van der Waals surface area contributed by atoms with Crippen LogP contribution in [-0.4, -0.2) is 11.5 Å². The molecule has 176 valence electrons. The average Bonchev–Trinajstić information content (AvgIpc) is 2.92. The van der Waals surface area contributed by atoms with E-state index in [0.717, 1.165) is 35.2 Å². The van der Waals surface area contributed by atoms with Gasteiger partial charge in [0.2, 0.25) is 0 Å². The van der Waals surface area contributed by atoms with Crippen LogP contribution in [0.4, 0.5) is 0 Å². The Hall–Kier alpha value is -4.30. The van der Waals surface area contributed by atoms with E-state index in [9.17, 15) is 0 Å². The van der Waals surface area contributed by atoms with Crippen LogP contribution in [0.25, 0.3) is 27.2 Å². The van der Waals surface area contributed by atoms with Crippen molar-refractivity contribution in [2.24, 2.45) is 9.98 Å². The van der Waals surface area contributed by atoms with Gasteiger partial charge in [0, 0.05) is 11.1 Å². The van der Waals surface area contributed by atoms with E-state index in [2.05, 4.69) is 130 Å². The van der Waals surface area contributed by atoms with E-state index in [1.807, 2.05) is 0 Å². The lowest BCUT2D eigenvalue weighted by Crippen LogP contribution is -2.07. The van der Waals surface area contributed by atoms with Crippen LogP contribution in [0, 0.1) is 6.92 Å². The van der Waals surface area contributed by atoms with Gasteiger partial charge in [0.05, 0.1) is 11.4 Å². The van der Waals surface area contributed by atoms with Crippen molar-refractivity contribution in [1.82, 2.24) is 0 Å². The van der Waals surface area contributed by atoms with Crippen molar-refractivity contribution >= 4 is 38.8 Å². The van der Waals surface area contributed by atoms with Gasteiger partial charge in [-0.25, -0.2) is 9.98 Å². The zero-order chi connectivity index (χ0) is 24.9. The minimum Gasteiger partial charge on any atom is -0.233 e. The highest BCUT2D eigenvalue weighted by molar-refractivity contribution is 6.14. The molecule has 0 amide bonds. The lowest BCUT2D eigenvalue weighted by atomic mass is 10.0. The van der Waals surface area contributed by atoms with Crippen LogP contribution in [-0.2, 0) is 0 Å². The Morgan fingerprint density at radius 2 is 1.14 bits per heavy atom. The van der Waals surface area contributed by atoms with Crippen molar-refractivity contribution in [3.8, 4) is 0 Å². The Morgan fingerprint density at radius 3 is 1.75 bits per heavy atom. The molecule has 5 aromatic carbocycles. The topological polar surface area (TPSA) is 24.7 Å². The molecule has 0 atom stereocenters. The first-order chi connectivity index (χ1) is 17.6. The molecule has 0 unspecified atom stereocenters. The fraction of sp³-hybridized carbons (Fsp3) is 0.118. The van der Waals surface area contributed by atoms with E-state index >= 15 is 0 Å². The molecule has 0 heterocycles. The zero-order valence-electron chi connectivity index (χ0n) is 20.9. The predicted octanol–water partition coefficient (Wildman–Crippen LogP) is 9.01. The fourth-order valence-electron chi connectivity index (χ4n) is 4.42. The molecule has 5 rings (SSSR count). The first-order valence-corrected chi connectivity index (χ1v) is 12.5. The van der Waals surface area contributed by atoms with Crippen molar-refractivity contribution in [3.63, 3.8) is 0 Å². The smallest absolute Gasteiger partial charge is 0.160 e. The third-order valence-corrected chi connectivity index (χ3v) is 6.44. The summed E-state index contributed by atoms with van der Waals surface area (Å²) in [6.07, 6.45) is 1.88. The van der Waals surface area contributed by atoms with Crippen LogP contribution in [0.15, 0.2) is 126 Å². The standard InChI is InChI=1S/C34H30N2/c1-4-9-33(28-16-14-24(2)15-17-28)36-34(32-21-19-27-11-6-8-13-31(27)23-32)35-25(3)29-20-18-26-10-5-7-12-30(26)22-29/h5-8,10-23H,3-4,9H2,1-2H3. The number of nitrogens with zero attached hydrogens (tertiary/aromatic N) is 2. The Morgan fingerprint density at radius 1 is 0.611 bits per heavy atom. The number of benzene rings is 5. The van der Waals surface area contributed by atoms with Crippen molar-refractivity contribution in [2.75, 3.05) is 0 Å². The molecular formula is C34H30N2. The first-order valence-electron chi connectivity index (χ1n) is 12.5. The third kappa shape index (κ3) is 5.18. The number of aryl methyl sites for hydroxylation is 1. The lowest BCUT2D eigenvalue weighted by molar-refractivity contribution is 0.993. The number of aliphatic imine (C=N–C) groups is 2. The minimum atomic E-state index is 0.683. The Labute approximate surface area is 213 Å². The molecule has 0 fully saturated rings. The number of hydrogen-bond donors (Lipinski definition) is 0. The van der Waals surface area contributed by atoms with Crippen LogP contribution >= 0.6 is 0 Å². The summed E-state index contributed by atoms with van der Waals surface area (Å²) in [4.78, 5) is 10.2. The molecule has 0 N–H and O–H groups in total. The zero-order valence-corrected chi connectivity index (χ0v) is 20.9. The maximum absolute atomic E-state index is 5.18. The van der Waals surface area contributed by atoms with Gasteiger partial charge in [-0.2, -0.15) is 0 Å². The molecule has 0 aromatic heterocycles. The molecule has 0 saturated carbocycles. The summed E-state index contributed by atoms with van der Waals surface area (Å²) >= 11 is 0. The summed E-state index contributed by atoms with van der Waals surface area (Å²) in [7, 11) is 0. The van der Waals surface area contributed by atoms with Crippen molar-refractivity contribution in [1.29, 1.82) is 0 Å². The van der Waals surface area contributed by atoms with Gasteiger partial charge in [-0.05, 0) is 52.6 Å². The SMILES string of the molecule is C=C(N=C(N=C(CCC)c1ccc(C)cc1)c1ccc2ccccc2c1)c1ccc2ccccc2c1. The highest BCUT2D eigenvalue weighted by Crippen LogP contribution is 2.24. The van der Waals surface area contributed by atoms with Crippen molar-refractivity contribution in [2.45, 2.75) is 26.7 Å². The second kappa shape index (κ2) is 10.5. The monoisotopic (exact) mass is 466 g/mol. The van der Waals surface area contributed by atoms with E-state index < -0.39 is 0 Å². The van der Waals surface area contributed by atoms with Crippen LogP contribution < -0.4 is 0 Å². The molecule has 5 aromatic rings. The Kier molecular flexibility index (Phi) is 6.86. The second-order valence-corrected chi connectivity index (χ2v) is 9.18. The van der Waals surface area contributed by atoms with Gasteiger partial charge in [-0.3, -0.25) is 0 Å². The maximum Gasteiger partial charge on any atom is 0.160 e. The molecule has 0 aliphatic carbocycles. The quantitative estimate of drug-likeness (QED) is 0.176. The lowest BCUT2D eigenvalue weighted by Gasteiger charge is -2.11. The highest BCUT2D eigenvalue weighted by Gasteiger charge is 2.10. The fourth-order valence-corrected chi connectivity index (χ4v) is 4.42. The molecule has 2 nitrogen and oxygen atoms in total. The van der Waals surface area contributed by atoms with Crippen molar-refractivity contribution < 1.29 is 0 Å². The molecular weight excluding hydrogens is 436 g/mol. The molecule has 0 bridgehead atoms. The van der Waals surface area contributed by atoms with E-state index in [1.54, 1.807) is 0 Å². The molecule has 0 saturated heterocycles. The number of amidine groups is 1. The maximum atomic E-state index is 5.18. The van der Waals surface area contributed by atoms with Gasteiger partial charge in [-0.1, -0.05) is 123 Å². The third-order valence-electron chi connectivity index (χ3n) is 6.44. The molecule has 0 aliphatic heterocycles. The van der Waals surface area contributed by atoms with E-state index in [0.29, 0.717) is 11.5 Å². The molecule has 36 heavy (non-hydrogen) atoms. The van der Waals surface area contributed by atoms with Crippen LogP contribution in [0.5, 0.6) is 0 Å². The first kappa shape index (κ1) is 23.4. The number of rotatable bonds is 6. The van der Waals surface area contributed by atoms with E-state index in [1.165, 1.54) is 27.1 Å². The Balaban J connectivity index is 1.64. The minimum absolute atomic E-state index is 0.683. The number of fused-ring (bicyclic) bond motifs is 2. The van der Waals surface area contributed by atoms with Gasteiger partial charge < -0.3 is 0 Å². The van der Waals surface area contributed by atoms with Crippen LogP contribution in [0.1, 0.15) is 42.0 Å². The van der Waals surface area contributed by atoms with Gasteiger partial charge in [0.25, 0.3) is 0 Å². The normalized spacial score (nSPS) is 12.3. The Bertz CT molecular complexity index is 1600. The van der Waals surface area contributed by atoms with Gasteiger partial charge in [-0.15, -0.1) is 0 Å². The average molecular weight is 467 g/mol. The molecule has 2 heteroatoms. The van der Waals surface area contributed by atoms with Gasteiger partial charge >= 0.3 is 0 Å². The largest absolute Gasteiger partial charge is 0.233 e. The van der Waals surface area contributed by atoms with Gasteiger partial charge in [0.15, 0.2) is 5.84 Å². The van der Waals surface area contributed by atoms with E-state index in [-0.39, 0.29) is 0 Å². The summed E-state index contributed by atoms with van der Waals surface area (Å²) in [5.74, 6) is 0.683.